The van der Waals surface area contributed by atoms with E-state index in [1.807, 2.05) is 6.07 Å². The number of halogens is 2. The van der Waals surface area contributed by atoms with Crippen LogP contribution in [0.15, 0.2) is 46.4 Å². The molecule has 2 aromatic rings. The molecule has 0 saturated heterocycles. The van der Waals surface area contributed by atoms with Gasteiger partial charge in [-0.3, -0.25) is 4.79 Å². The highest BCUT2D eigenvalue weighted by Gasteiger charge is 2.13. The van der Waals surface area contributed by atoms with E-state index in [1.165, 1.54) is 20.3 Å². The number of carbonyl (C=O) groups is 1. The Kier molecular flexibility index (Phi) is 6.45. The molecule has 1 amide bonds. The second kappa shape index (κ2) is 8.56. The summed E-state index contributed by atoms with van der Waals surface area (Å²) in [5.41, 5.74) is 0.964. The quantitative estimate of drug-likeness (QED) is 0.563. The summed E-state index contributed by atoms with van der Waals surface area (Å²) < 4.78 is 11.3. The van der Waals surface area contributed by atoms with Crippen LogP contribution in [0.2, 0.25) is 5.02 Å². The van der Waals surface area contributed by atoms with Gasteiger partial charge in [-0.2, -0.15) is 5.26 Å². The number of methoxy groups -OCH3 is 2. The van der Waals surface area contributed by atoms with Gasteiger partial charge in [0.05, 0.1) is 19.2 Å². The molecule has 0 fully saturated rings. The van der Waals surface area contributed by atoms with Crippen molar-refractivity contribution in [3.63, 3.8) is 0 Å². The van der Waals surface area contributed by atoms with Gasteiger partial charge in [-0.25, -0.2) is 0 Å². The molecule has 0 bridgehead atoms. The van der Waals surface area contributed by atoms with E-state index in [9.17, 15) is 10.1 Å². The number of hydrogen-bond donors (Lipinski definition) is 1. The highest BCUT2D eigenvalue weighted by atomic mass is 79.9. The Morgan fingerprint density at radius 2 is 1.80 bits per heavy atom. The number of carbonyl (C=O) groups excluding carboxylic acids is 1. The zero-order valence-corrected chi connectivity index (χ0v) is 15.8. The monoisotopic (exact) mass is 420 g/mol. The molecule has 5 nitrogen and oxygen atoms in total. The van der Waals surface area contributed by atoms with Gasteiger partial charge in [-0.15, -0.1) is 0 Å². The standard InChI is InChI=1S/C18H14BrClN2O3/c1-24-16-8-11(15(20)9-17(16)25-2)7-12(10-21)18(23)22-14-5-3-13(19)4-6-14/h3-9H,1-2H3,(H,22,23)/b12-7+. The van der Waals surface area contributed by atoms with Crippen LogP contribution in [0.3, 0.4) is 0 Å². The smallest absolute Gasteiger partial charge is 0.266 e. The lowest BCUT2D eigenvalue weighted by molar-refractivity contribution is -0.112. The molecule has 0 aliphatic carbocycles. The zero-order valence-electron chi connectivity index (χ0n) is 13.5. The number of nitriles is 1. The van der Waals surface area contributed by atoms with Gasteiger partial charge in [0, 0.05) is 16.2 Å². The first-order valence-electron chi connectivity index (χ1n) is 7.08. The van der Waals surface area contributed by atoms with Gasteiger partial charge in [0.1, 0.15) is 11.6 Å². The Morgan fingerprint density at radius 3 is 2.36 bits per heavy atom. The van der Waals surface area contributed by atoms with Gasteiger partial charge in [0.15, 0.2) is 11.5 Å². The van der Waals surface area contributed by atoms with E-state index in [1.54, 1.807) is 36.4 Å². The van der Waals surface area contributed by atoms with Crippen molar-refractivity contribution in [3.8, 4) is 17.6 Å². The van der Waals surface area contributed by atoms with Crippen LogP contribution in [0.1, 0.15) is 5.56 Å². The molecule has 1 N–H and O–H groups in total. The molecule has 0 aliphatic rings. The normalized spacial score (nSPS) is 10.8. The average Bonchev–Trinajstić information content (AvgIpc) is 2.62. The van der Waals surface area contributed by atoms with Crippen LogP contribution in [-0.4, -0.2) is 20.1 Å². The predicted molar refractivity (Wildman–Crippen MR) is 101 cm³/mol. The van der Waals surface area contributed by atoms with E-state index in [2.05, 4.69) is 21.2 Å². The first-order valence-corrected chi connectivity index (χ1v) is 8.25. The molecule has 0 unspecified atom stereocenters. The third kappa shape index (κ3) is 4.75. The third-order valence-electron chi connectivity index (χ3n) is 3.27. The van der Waals surface area contributed by atoms with Crippen molar-refractivity contribution in [2.75, 3.05) is 19.5 Å². The summed E-state index contributed by atoms with van der Waals surface area (Å²) in [6, 6.07) is 12.1. The summed E-state index contributed by atoms with van der Waals surface area (Å²) >= 11 is 9.51. The lowest BCUT2D eigenvalue weighted by atomic mass is 10.1. The lowest BCUT2D eigenvalue weighted by Gasteiger charge is -2.10. The van der Waals surface area contributed by atoms with Crippen molar-refractivity contribution in [1.29, 1.82) is 5.26 Å². The summed E-state index contributed by atoms with van der Waals surface area (Å²) in [6.45, 7) is 0. The predicted octanol–water partition coefficient (Wildman–Crippen LogP) is 4.67. The van der Waals surface area contributed by atoms with Gasteiger partial charge in [-0.05, 0) is 42.0 Å². The highest BCUT2D eigenvalue weighted by molar-refractivity contribution is 9.10. The first-order chi connectivity index (χ1) is 12.0. The van der Waals surface area contributed by atoms with Crippen LogP contribution in [0.25, 0.3) is 6.08 Å². The van der Waals surface area contributed by atoms with E-state index < -0.39 is 5.91 Å². The fourth-order valence-corrected chi connectivity index (χ4v) is 2.49. The number of hydrogen-bond acceptors (Lipinski definition) is 4. The van der Waals surface area contributed by atoms with Gasteiger partial charge in [-0.1, -0.05) is 27.5 Å². The summed E-state index contributed by atoms with van der Waals surface area (Å²) in [4.78, 5) is 12.3. The second-order valence-corrected chi connectivity index (χ2v) is 6.18. The van der Waals surface area contributed by atoms with Crippen LogP contribution >= 0.6 is 27.5 Å². The number of amides is 1. The van der Waals surface area contributed by atoms with Crippen molar-refractivity contribution in [3.05, 3.63) is 57.0 Å². The van der Waals surface area contributed by atoms with Crippen molar-refractivity contribution in [2.24, 2.45) is 0 Å². The van der Waals surface area contributed by atoms with Crippen LogP contribution < -0.4 is 14.8 Å². The van der Waals surface area contributed by atoms with Crippen molar-refractivity contribution >= 4 is 45.2 Å². The summed E-state index contributed by atoms with van der Waals surface area (Å²) in [7, 11) is 2.99. The van der Waals surface area contributed by atoms with E-state index in [0.29, 0.717) is 27.8 Å². The number of ether oxygens (including phenoxy) is 2. The minimum Gasteiger partial charge on any atom is -0.493 e. The molecular formula is C18H14BrClN2O3. The Bertz CT molecular complexity index is 858. The van der Waals surface area contributed by atoms with Gasteiger partial charge < -0.3 is 14.8 Å². The molecule has 25 heavy (non-hydrogen) atoms. The zero-order chi connectivity index (χ0) is 18.4. The van der Waals surface area contributed by atoms with Gasteiger partial charge in [0.2, 0.25) is 0 Å². The summed E-state index contributed by atoms with van der Waals surface area (Å²) in [6.07, 6.45) is 1.40. The number of benzene rings is 2. The van der Waals surface area contributed by atoms with Crippen LogP contribution in [0, 0.1) is 11.3 Å². The molecule has 0 radical (unpaired) electrons. The Hall–Kier alpha value is -2.49. The topological polar surface area (TPSA) is 71.3 Å². The molecule has 2 rings (SSSR count). The molecule has 2 aromatic carbocycles. The molecule has 0 saturated carbocycles. The third-order valence-corrected chi connectivity index (χ3v) is 4.13. The number of rotatable bonds is 5. The second-order valence-electron chi connectivity index (χ2n) is 4.86. The van der Waals surface area contributed by atoms with E-state index in [4.69, 9.17) is 21.1 Å². The fraction of sp³-hybridized carbons (Fsp3) is 0.111. The summed E-state index contributed by atoms with van der Waals surface area (Å²) in [5, 5.41) is 12.3. The average molecular weight is 422 g/mol. The van der Waals surface area contributed by atoms with E-state index in [0.717, 1.165) is 4.47 Å². The molecule has 128 valence electrons. The van der Waals surface area contributed by atoms with E-state index in [-0.39, 0.29) is 5.57 Å². The molecular weight excluding hydrogens is 408 g/mol. The van der Waals surface area contributed by atoms with Crippen molar-refractivity contribution < 1.29 is 14.3 Å². The maximum Gasteiger partial charge on any atom is 0.266 e. The lowest BCUT2D eigenvalue weighted by Crippen LogP contribution is -2.13. The number of anilines is 1. The summed E-state index contributed by atoms with van der Waals surface area (Å²) in [5.74, 6) is 0.377. The molecule has 0 spiro atoms. The largest absolute Gasteiger partial charge is 0.493 e. The highest BCUT2D eigenvalue weighted by Crippen LogP contribution is 2.34. The fourth-order valence-electron chi connectivity index (χ4n) is 2.02. The molecule has 0 atom stereocenters. The van der Waals surface area contributed by atoms with Crippen LogP contribution in [-0.2, 0) is 4.79 Å². The maximum atomic E-state index is 12.3. The Balaban J connectivity index is 2.32. The van der Waals surface area contributed by atoms with E-state index >= 15 is 0 Å². The SMILES string of the molecule is COc1cc(Cl)c(/C=C(\C#N)C(=O)Nc2ccc(Br)cc2)cc1OC. The van der Waals surface area contributed by atoms with Crippen molar-refractivity contribution in [1.82, 2.24) is 0 Å². The van der Waals surface area contributed by atoms with Crippen LogP contribution in [0.5, 0.6) is 11.5 Å². The minimum absolute atomic E-state index is 0.0861. The Labute approximate surface area is 158 Å². The molecule has 0 heterocycles. The minimum atomic E-state index is -0.532. The van der Waals surface area contributed by atoms with Gasteiger partial charge in [0.25, 0.3) is 5.91 Å². The van der Waals surface area contributed by atoms with Gasteiger partial charge >= 0.3 is 0 Å². The maximum absolute atomic E-state index is 12.3. The Morgan fingerprint density at radius 1 is 1.20 bits per heavy atom. The first kappa shape index (κ1) is 18.8. The molecule has 0 aromatic heterocycles. The van der Waals surface area contributed by atoms with Crippen LogP contribution in [0.4, 0.5) is 5.69 Å². The molecule has 7 heteroatoms. The number of nitrogens with one attached hydrogen (secondary N) is 1. The number of nitrogens with zero attached hydrogens (tertiary/aromatic N) is 1. The molecule has 0 aliphatic heterocycles. The van der Waals surface area contributed by atoms with Crippen molar-refractivity contribution in [2.45, 2.75) is 0 Å².